The summed E-state index contributed by atoms with van der Waals surface area (Å²) in [7, 11) is 0. The number of aliphatic hydroxyl groups is 1. The summed E-state index contributed by atoms with van der Waals surface area (Å²) in [6.07, 6.45) is 7.46. The molecule has 0 saturated heterocycles. The summed E-state index contributed by atoms with van der Waals surface area (Å²) in [4.78, 5) is 8.69. The molecule has 1 aromatic rings. The fourth-order valence-electron chi connectivity index (χ4n) is 2.42. The van der Waals surface area contributed by atoms with Crippen LogP contribution in [-0.4, -0.2) is 46.9 Å². The largest absolute Gasteiger partial charge is 0.396 e. The molecule has 1 aromatic heterocycles. The van der Waals surface area contributed by atoms with E-state index in [1.54, 1.807) is 6.20 Å². The third kappa shape index (κ3) is 10.5. The van der Waals surface area contributed by atoms with Gasteiger partial charge in [-0.05, 0) is 31.6 Å². The minimum absolute atomic E-state index is 0. The Morgan fingerprint density at radius 1 is 1.35 bits per heavy atom. The predicted octanol–water partition coefficient (Wildman–Crippen LogP) is 2.10. The Hall–Kier alpha value is -0.830. The van der Waals surface area contributed by atoms with Crippen LogP contribution in [-0.2, 0) is 6.54 Å². The quantitative estimate of drug-likeness (QED) is 0.298. The molecule has 0 aliphatic carbocycles. The van der Waals surface area contributed by atoms with Crippen molar-refractivity contribution in [1.82, 2.24) is 20.2 Å². The van der Waals surface area contributed by atoms with Gasteiger partial charge in [-0.3, -0.25) is 4.99 Å². The molecule has 0 saturated carbocycles. The van der Waals surface area contributed by atoms with Gasteiger partial charge in [-0.1, -0.05) is 13.8 Å². The van der Waals surface area contributed by atoms with E-state index >= 15 is 0 Å². The van der Waals surface area contributed by atoms with E-state index in [0.29, 0.717) is 11.8 Å². The fourth-order valence-corrected chi connectivity index (χ4v) is 2.42. The van der Waals surface area contributed by atoms with Crippen LogP contribution >= 0.6 is 24.0 Å². The van der Waals surface area contributed by atoms with E-state index in [0.717, 1.165) is 45.0 Å². The van der Waals surface area contributed by atoms with E-state index in [2.05, 4.69) is 41.4 Å². The molecule has 6 nitrogen and oxygen atoms in total. The fraction of sp³-hybridized carbons (Fsp3) is 0.750. The van der Waals surface area contributed by atoms with Gasteiger partial charge < -0.3 is 20.3 Å². The molecule has 23 heavy (non-hydrogen) atoms. The van der Waals surface area contributed by atoms with Gasteiger partial charge in [0.05, 0.1) is 6.33 Å². The van der Waals surface area contributed by atoms with Gasteiger partial charge in [-0.25, -0.2) is 4.98 Å². The van der Waals surface area contributed by atoms with E-state index in [9.17, 15) is 5.11 Å². The van der Waals surface area contributed by atoms with Crippen molar-refractivity contribution in [2.45, 2.75) is 40.2 Å². The van der Waals surface area contributed by atoms with Gasteiger partial charge in [-0.15, -0.1) is 24.0 Å². The van der Waals surface area contributed by atoms with Crippen LogP contribution in [0, 0.1) is 11.8 Å². The van der Waals surface area contributed by atoms with Crippen LogP contribution in [0.5, 0.6) is 0 Å². The molecule has 0 radical (unpaired) electrons. The van der Waals surface area contributed by atoms with Crippen molar-refractivity contribution >= 4 is 29.9 Å². The summed E-state index contributed by atoms with van der Waals surface area (Å²) < 4.78 is 2.03. The van der Waals surface area contributed by atoms with Gasteiger partial charge in [-0.2, -0.15) is 0 Å². The van der Waals surface area contributed by atoms with Gasteiger partial charge in [0.1, 0.15) is 0 Å². The third-order valence-electron chi connectivity index (χ3n) is 3.42. The summed E-state index contributed by atoms with van der Waals surface area (Å²) >= 11 is 0. The van der Waals surface area contributed by atoms with E-state index in [1.807, 2.05) is 17.1 Å². The standard InChI is InChI=1S/C16H31N5O.HI/c1-4-18-16(19-7-9-21-8-6-17-13-21)20-12-15(5-10-22)11-14(2)3;/h6,8,13-15,22H,4-5,7,9-12H2,1-3H3,(H2,18,19,20);1H. The third-order valence-corrected chi connectivity index (χ3v) is 3.42. The van der Waals surface area contributed by atoms with Crippen LogP contribution in [0.4, 0.5) is 0 Å². The second-order valence-electron chi connectivity index (χ2n) is 5.95. The van der Waals surface area contributed by atoms with Gasteiger partial charge in [0.25, 0.3) is 0 Å². The van der Waals surface area contributed by atoms with E-state index in [1.165, 1.54) is 0 Å². The van der Waals surface area contributed by atoms with Crippen LogP contribution in [0.2, 0.25) is 0 Å². The van der Waals surface area contributed by atoms with Crippen molar-refractivity contribution in [3.05, 3.63) is 18.7 Å². The molecule has 1 rings (SSSR count). The highest BCUT2D eigenvalue weighted by molar-refractivity contribution is 14.0. The number of aliphatic hydroxyl groups excluding tert-OH is 1. The van der Waals surface area contributed by atoms with E-state index in [4.69, 9.17) is 0 Å². The molecule has 0 spiro atoms. The van der Waals surface area contributed by atoms with Crippen molar-refractivity contribution in [1.29, 1.82) is 0 Å². The Kier molecular flexibility index (Phi) is 13.1. The first kappa shape index (κ1) is 22.2. The first-order chi connectivity index (χ1) is 10.7. The zero-order chi connectivity index (χ0) is 16.2. The molecule has 3 N–H and O–H groups in total. The Morgan fingerprint density at radius 3 is 2.70 bits per heavy atom. The number of hydrogen-bond donors (Lipinski definition) is 3. The number of nitrogens with zero attached hydrogens (tertiary/aromatic N) is 3. The van der Waals surface area contributed by atoms with Gasteiger partial charge >= 0.3 is 0 Å². The highest BCUT2D eigenvalue weighted by Crippen LogP contribution is 2.15. The van der Waals surface area contributed by atoms with Crippen molar-refractivity contribution in [3.8, 4) is 0 Å². The Balaban J connectivity index is 0.00000484. The molecular formula is C16H32IN5O. The molecule has 0 aromatic carbocycles. The lowest BCUT2D eigenvalue weighted by atomic mass is 9.94. The highest BCUT2D eigenvalue weighted by Gasteiger charge is 2.10. The van der Waals surface area contributed by atoms with E-state index < -0.39 is 0 Å². The molecule has 0 fully saturated rings. The number of aromatic nitrogens is 2. The summed E-state index contributed by atoms with van der Waals surface area (Å²) in [5, 5.41) is 15.8. The van der Waals surface area contributed by atoms with Crippen LogP contribution in [0.15, 0.2) is 23.7 Å². The minimum Gasteiger partial charge on any atom is -0.396 e. The number of rotatable bonds is 10. The summed E-state index contributed by atoms with van der Waals surface area (Å²) in [6.45, 7) is 9.97. The zero-order valence-corrected chi connectivity index (χ0v) is 16.9. The van der Waals surface area contributed by atoms with Crippen molar-refractivity contribution in [2.24, 2.45) is 16.8 Å². The molecule has 134 valence electrons. The lowest BCUT2D eigenvalue weighted by molar-refractivity contribution is 0.245. The highest BCUT2D eigenvalue weighted by atomic mass is 127. The van der Waals surface area contributed by atoms with Crippen molar-refractivity contribution in [2.75, 3.05) is 26.2 Å². The SMILES string of the molecule is CCNC(=NCC(CCO)CC(C)C)NCCn1ccnc1.I. The van der Waals surface area contributed by atoms with E-state index in [-0.39, 0.29) is 30.6 Å². The summed E-state index contributed by atoms with van der Waals surface area (Å²) in [5.41, 5.74) is 0. The number of hydrogen-bond acceptors (Lipinski definition) is 3. The maximum atomic E-state index is 9.18. The zero-order valence-electron chi connectivity index (χ0n) is 14.5. The molecule has 0 bridgehead atoms. The van der Waals surface area contributed by atoms with Crippen molar-refractivity contribution in [3.63, 3.8) is 0 Å². The molecule has 7 heteroatoms. The lowest BCUT2D eigenvalue weighted by Crippen LogP contribution is -2.39. The molecule has 0 aliphatic rings. The molecule has 1 atom stereocenters. The average molecular weight is 437 g/mol. The van der Waals surface area contributed by atoms with Gasteiger partial charge in [0.2, 0.25) is 0 Å². The first-order valence-electron chi connectivity index (χ1n) is 8.24. The number of halogens is 1. The molecule has 1 heterocycles. The molecule has 0 amide bonds. The molecule has 0 aliphatic heterocycles. The van der Waals surface area contributed by atoms with Gasteiger partial charge in [0, 0.05) is 45.2 Å². The van der Waals surface area contributed by atoms with Crippen LogP contribution in [0.3, 0.4) is 0 Å². The second-order valence-corrected chi connectivity index (χ2v) is 5.95. The smallest absolute Gasteiger partial charge is 0.191 e. The number of nitrogens with one attached hydrogen (secondary N) is 2. The monoisotopic (exact) mass is 437 g/mol. The number of guanidine groups is 1. The summed E-state index contributed by atoms with van der Waals surface area (Å²) in [6, 6.07) is 0. The van der Waals surface area contributed by atoms with Crippen LogP contribution in [0.1, 0.15) is 33.6 Å². The first-order valence-corrected chi connectivity index (χ1v) is 8.24. The maximum absolute atomic E-state index is 9.18. The number of imidazole rings is 1. The Labute approximate surface area is 157 Å². The number of aliphatic imine (C=N–C) groups is 1. The summed E-state index contributed by atoms with van der Waals surface area (Å²) in [5.74, 6) is 1.91. The maximum Gasteiger partial charge on any atom is 0.191 e. The molecular weight excluding hydrogens is 405 g/mol. The predicted molar refractivity (Wildman–Crippen MR) is 106 cm³/mol. The Morgan fingerprint density at radius 2 is 2.13 bits per heavy atom. The van der Waals surface area contributed by atoms with Crippen LogP contribution < -0.4 is 10.6 Å². The van der Waals surface area contributed by atoms with Crippen molar-refractivity contribution < 1.29 is 5.11 Å². The minimum atomic E-state index is 0. The van der Waals surface area contributed by atoms with Crippen LogP contribution in [0.25, 0.3) is 0 Å². The lowest BCUT2D eigenvalue weighted by Gasteiger charge is -2.17. The second kappa shape index (κ2) is 13.6. The molecule has 1 unspecified atom stereocenters. The Bertz CT molecular complexity index is 409. The average Bonchev–Trinajstić information content (AvgIpc) is 2.97. The normalized spacial score (nSPS) is 12.8. The topological polar surface area (TPSA) is 74.5 Å². The van der Waals surface area contributed by atoms with Gasteiger partial charge in [0.15, 0.2) is 5.96 Å².